The molecule has 1 aromatic rings. The first-order valence-electron chi connectivity index (χ1n) is 3.38. The summed E-state index contributed by atoms with van der Waals surface area (Å²) in [6.45, 7) is 3.43. The molecule has 2 heteroatoms. The highest BCUT2D eigenvalue weighted by atomic mass is 79.9. The fourth-order valence-electron chi connectivity index (χ4n) is 0.485. The highest BCUT2D eigenvalue weighted by Gasteiger charge is 1.78. The molecule has 0 aliphatic heterocycles. The van der Waals surface area contributed by atoms with E-state index in [0.29, 0.717) is 0 Å². The molecule has 0 bridgehead atoms. The summed E-state index contributed by atoms with van der Waals surface area (Å²) in [4.78, 5) is 0. The van der Waals surface area contributed by atoms with Crippen LogP contribution in [0.1, 0.15) is 0 Å². The second-order valence-corrected chi connectivity index (χ2v) is 2.63. The van der Waals surface area contributed by atoms with E-state index in [1.54, 1.807) is 6.08 Å². The second-order valence-electron chi connectivity index (χ2n) is 1.98. The average Bonchev–Trinajstić information content (AvgIpc) is 2.07. The zero-order valence-electron chi connectivity index (χ0n) is 6.70. The van der Waals surface area contributed by atoms with Crippen LogP contribution in [0.2, 0.25) is 0 Å². The maximum atomic E-state index is 3.43. The lowest BCUT2D eigenvalue weighted by Gasteiger charge is -1.77. The van der Waals surface area contributed by atoms with E-state index in [1.165, 1.54) is 0 Å². The van der Waals surface area contributed by atoms with Crippen molar-refractivity contribution in [2.75, 3.05) is 5.33 Å². The topological polar surface area (TPSA) is 3.88 Å². The normalized spacial score (nSPS) is 7.82. The first kappa shape index (κ1) is 10.4. The third kappa shape index (κ3) is 7.26. The molecule has 1 heterocycles. The Kier molecular flexibility index (Phi) is 7.05. The number of hydrogen-bond acceptors (Lipinski definition) is 0. The summed E-state index contributed by atoms with van der Waals surface area (Å²) in [7, 11) is 2.00. The molecule has 0 aromatic carbocycles. The fraction of sp³-hybridized carbons (Fsp3) is 0.222. The van der Waals surface area contributed by atoms with Gasteiger partial charge < -0.3 is 0 Å². The maximum absolute atomic E-state index is 3.43. The van der Waals surface area contributed by atoms with Gasteiger partial charge in [0, 0.05) is 17.5 Å². The fourth-order valence-corrected chi connectivity index (χ4v) is 0.485. The molecule has 0 saturated carbocycles. The molecule has 0 aliphatic rings. The molecule has 0 N–H and O–H groups in total. The van der Waals surface area contributed by atoms with Crippen LogP contribution < -0.4 is 4.57 Å². The van der Waals surface area contributed by atoms with Gasteiger partial charge in [-0.15, -0.1) is 6.58 Å². The van der Waals surface area contributed by atoms with Gasteiger partial charge in [0.2, 0.25) is 0 Å². The van der Waals surface area contributed by atoms with Crippen molar-refractivity contribution in [1.82, 2.24) is 0 Å². The molecule has 60 valence electrons. The minimum atomic E-state index is 0.896. The Bertz CT molecular complexity index is 184. The second kappa shape index (κ2) is 7.48. The molecule has 0 amide bonds. The number of aryl methyl sites for hydroxylation is 1. The van der Waals surface area contributed by atoms with Gasteiger partial charge in [0.05, 0.1) is 0 Å². The van der Waals surface area contributed by atoms with Crippen molar-refractivity contribution in [3.8, 4) is 0 Å². The molecule has 0 spiro atoms. The molecule has 0 radical (unpaired) electrons. The lowest BCUT2D eigenvalue weighted by molar-refractivity contribution is -0.671. The van der Waals surface area contributed by atoms with Crippen LogP contribution in [0.4, 0.5) is 0 Å². The summed E-state index contributed by atoms with van der Waals surface area (Å²) >= 11 is 3.13. The molecule has 1 rings (SSSR count). The SMILES string of the molecule is C=CCBr.C[n+]1ccccc1. The van der Waals surface area contributed by atoms with Crippen LogP contribution >= 0.6 is 15.9 Å². The van der Waals surface area contributed by atoms with E-state index >= 15 is 0 Å². The third-order valence-corrected chi connectivity index (χ3v) is 1.43. The number of hydrogen-bond donors (Lipinski definition) is 0. The van der Waals surface area contributed by atoms with Crippen LogP contribution in [-0.4, -0.2) is 5.33 Å². The van der Waals surface area contributed by atoms with E-state index in [2.05, 4.69) is 22.5 Å². The van der Waals surface area contributed by atoms with Crippen LogP contribution in [0, 0.1) is 0 Å². The Labute approximate surface area is 76.5 Å². The summed E-state index contributed by atoms with van der Waals surface area (Å²) in [6.07, 6.45) is 5.79. The summed E-state index contributed by atoms with van der Waals surface area (Å²) in [5.74, 6) is 0. The third-order valence-electron chi connectivity index (χ3n) is 0.974. The predicted molar refractivity (Wildman–Crippen MR) is 51.6 cm³/mol. The van der Waals surface area contributed by atoms with Crippen LogP contribution in [0.3, 0.4) is 0 Å². The first-order valence-corrected chi connectivity index (χ1v) is 4.50. The van der Waals surface area contributed by atoms with E-state index in [4.69, 9.17) is 0 Å². The monoisotopic (exact) mass is 214 g/mol. The minimum absolute atomic E-state index is 0.896. The van der Waals surface area contributed by atoms with Crippen molar-refractivity contribution in [3.63, 3.8) is 0 Å². The predicted octanol–water partition coefficient (Wildman–Crippen LogP) is 2.08. The molecular weight excluding hydrogens is 202 g/mol. The van der Waals surface area contributed by atoms with Gasteiger partial charge in [0.25, 0.3) is 0 Å². The smallest absolute Gasteiger partial charge is 0.168 e. The van der Waals surface area contributed by atoms with E-state index in [1.807, 2.05) is 42.2 Å². The van der Waals surface area contributed by atoms with Gasteiger partial charge in [-0.1, -0.05) is 28.1 Å². The molecule has 1 aromatic heterocycles. The molecule has 0 atom stereocenters. The van der Waals surface area contributed by atoms with Gasteiger partial charge in [-0.25, -0.2) is 4.57 Å². The summed E-state index contributed by atoms with van der Waals surface area (Å²) < 4.78 is 2.00. The number of allylic oxidation sites excluding steroid dienone is 1. The molecule has 0 saturated heterocycles. The average molecular weight is 215 g/mol. The number of halogens is 1. The van der Waals surface area contributed by atoms with Crippen LogP contribution in [0.25, 0.3) is 0 Å². The lowest BCUT2D eigenvalue weighted by atomic mass is 10.5. The standard InChI is InChI=1S/C6H8N.C3H5Br/c1-7-5-3-2-4-6-7;1-2-3-4/h2-6H,1H3;2H,1,3H2/q+1;. The Balaban J connectivity index is 0.000000218. The van der Waals surface area contributed by atoms with Gasteiger partial charge in [-0.3, -0.25) is 0 Å². The lowest BCUT2D eigenvalue weighted by Crippen LogP contribution is -2.25. The van der Waals surface area contributed by atoms with Crippen molar-refractivity contribution in [2.45, 2.75) is 0 Å². The zero-order chi connectivity index (χ0) is 8.53. The molecule has 1 nitrogen and oxygen atoms in total. The van der Waals surface area contributed by atoms with Crippen molar-refractivity contribution in [1.29, 1.82) is 0 Å². The van der Waals surface area contributed by atoms with Gasteiger partial charge in [-0.05, 0) is 0 Å². The van der Waals surface area contributed by atoms with Crippen LogP contribution in [0.15, 0.2) is 43.2 Å². The van der Waals surface area contributed by atoms with Crippen molar-refractivity contribution < 1.29 is 4.57 Å². The maximum Gasteiger partial charge on any atom is 0.168 e. The number of pyridine rings is 1. The highest BCUT2D eigenvalue weighted by Crippen LogP contribution is 1.73. The molecule has 0 unspecified atom stereocenters. The summed E-state index contributed by atoms with van der Waals surface area (Å²) in [6, 6.07) is 6.00. The van der Waals surface area contributed by atoms with E-state index in [9.17, 15) is 0 Å². The molecule has 0 aliphatic carbocycles. The summed E-state index contributed by atoms with van der Waals surface area (Å²) in [5.41, 5.74) is 0. The van der Waals surface area contributed by atoms with E-state index in [0.717, 1.165) is 5.33 Å². The van der Waals surface area contributed by atoms with Crippen LogP contribution in [0.5, 0.6) is 0 Å². The number of alkyl halides is 1. The molecule has 0 fully saturated rings. The number of rotatable bonds is 1. The van der Waals surface area contributed by atoms with E-state index < -0.39 is 0 Å². The Morgan fingerprint density at radius 2 is 1.82 bits per heavy atom. The number of nitrogens with zero attached hydrogens (tertiary/aromatic N) is 1. The van der Waals surface area contributed by atoms with Gasteiger partial charge >= 0.3 is 0 Å². The van der Waals surface area contributed by atoms with Crippen molar-refractivity contribution in [2.24, 2.45) is 7.05 Å². The van der Waals surface area contributed by atoms with Crippen molar-refractivity contribution in [3.05, 3.63) is 43.2 Å². The zero-order valence-corrected chi connectivity index (χ0v) is 8.29. The Morgan fingerprint density at radius 3 is 2.00 bits per heavy atom. The summed E-state index contributed by atoms with van der Waals surface area (Å²) in [5, 5.41) is 0.896. The van der Waals surface area contributed by atoms with Crippen molar-refractivity contribution >= 4 is 15.9 Å². The molecule has 11 heavy (non-hydrogen) atoms. The van der Waals surface area contributed by atoms with Crippen LogP contribution in [-0.2, 0) is 7.05 Å². The molecular formula is C9H13BrN+. The highest BCUT2D eigenvalue weighted by molar-refractivity contribution is 9.09. The van der Waals surface area contributed by atoms with Gasteiger partial charge in [0.15, 0.2) is 12.4 Å². The Morgan fingerprint density at radius 1 is 1.36 bits per heavy atom. The number of aromatic nitrogens is 1. The van der Waals surface area contributed by atoms with E-state index in [-0.39, 0.29) is 0 Å². The largest absolute Gasteiger partial charge is 0.208 e. The minimum Gasteiger partial charge on any atom is -0.208 e. The Hall–Kier alpha value is -0.630. The van der Waals surface area contributed by atoms with Gasteiger partial charge in [0.1, 0.15) is 7.05 Å². The van der Waals surface area contributed by atoms with Gasteiger partial charge in [-0.2, -0.15) is 0 Å². The first-order chi connectivity index (χ1) is 5.31. The quantitative estimate of drug-likeness (QED) is 0.383.